The number of hydrogen-bond donors (Lipinski definition) is 2. The molecule has 9 heteroatoms. The molecule has 0 unspecified atom stereocenters. The Kier molecular flexibility index (Phi) is 8.09. The lowest BCUT2D eigenvalue weighted by molar-refractivity contribution is -0.153. The molecule has 4 rings (SSSR count). The van der Waals surface area contributed by atoms with Crippen molar-refractivity contribution < 1.29 is 28.8 Å². The molecule has 1 aromatic heterocycles. The summed E-state index contributed by atoms with van der Waals surface area (Å²) in [6, 6.07) is -0.0185. The van der Waals surface area contributed by atoms with Gasteiger partial charge in [-0.2, -0.15) is 0 Å². The highest BCUT2D eigenvalue weighted by Gasteiger charge is 2.52. The monoisotopic (exact) mass is 515 g/mol. The van der Waals surface area contributed by atoms with Crippen LogP contribution in [0.1, 0.15) is 94.8 Å². The van der Waals surface area contributed by atoms with Gasteiger partial charge in [0.25, 0.3) is 5.91 Å². The Balaban J connectivity index is 1.55. The summed E-state index contributed by atoms with van der Waals surface area (Å²) >= 11 is 0. The van der Waals surface area contributed by atoms with Crippen LogP contribution < -0.4 is 5.32 Å². The Morgan fingerprint density at radius 2 is 1.81 bits per heavy atom. The van der Waals surface area contributed by atoms with Crippen LogP contribution in [0.25, 0.3) is 0 Å². The number of carbonyl (C=O) groups is 4. The second-order valence-electron chi connectivity index (χ2n) is 12.4. The average molecular weight is 516 g/mol. The van der Waals surface area contributed by atoms with E-state index < -0.39 is 35.3 Å². The number of aliphatic carboxylic acids is 1. The van der Waals surface area contributed by atoms with E-state index >= 15 is 0 Å². The predicted octanol–water partition coefficient (Wildman–Crippen LogP) is 3.99. The highest BCUT2D eigenvalue weighted by atomic mass is 16.5. The standard InChI is InChI=1S/C28H41N3O6/c1-16-13-21(30-37-16)25(33)29-23(17-9-6-5-7-10-17)22(32)14-20(28(2,3)4)26(34)31-15-18-11-8-12-19(18)24(31)27(35)36/h13,17-20,23-24H,5-12,14-15H2,1-4H3,(H,29,33)(H,35,36)/t18-,19-,20+,23-,24-/m0/s1. The number of hydrogen-bond acceptors (Lipinski definition) is 6. The number of nitrogens with one attached hydrogen (secondary N) is 1. The Bertz CT molecular complexity index is 1020. The molecule has 0 radical (unpaired) electrons. The van der Waals surface area contributed by atoms with Gasteiger partial charge in [-0.3, -0.25) is 14.4 Å². The molecule has 2 N–H and O–H groups in total. The van der Waals surface area contributed by atoms with Gasteiger partial charge in [0.2, 0.25) is 5.91 Å². The second kappa shape index (κ2) is 11.0. The number of carbonyl (C=O) groups excluding carboxylic acids is 3. The van der Waals surface area contributed by atoms with Gasteiger partial charge in [0.15, 0.2) is 11.5 Å². The molecule has 2 aliphatic carbocycles. The quantitative estimate of drug-likeness (QED) is 0.535. The van der Waals surface area contributed by atoms with Gasteiger partial charge in [-0.1, -0.05) is 51.6 Å². The average Bonchev–Trinajstić information content (AvgIpc) is 3.55. The van der Waals surface area contributed by atoms with Crippen LogP contribution >= 0.6 is 0 Å². The maximum Gasteiger partial charge on any atom is 0.326 e. The van der Waals surface area contributed by atoms with Crippen LogP contribution in [-0.4, -0.2) is 57.4 Å². The normalized spacial score (nSPS) is 25.9. The number of fused-ring (bicyclic) bond motifs is 1. The van der Waals surface area contributed by atoms with Crippen LogP contribution in [0.5, 0.6) is 0 Å². The van der Waals surface area contributed by atoms with Gasteiger partial charge < -0.3 is 19.8 Å². The first-order valence-electron chi connectivity index (χ1n) is 13.8. The number of ketones is 1. The molecule has 0 spiro atoms. The van der Waals surface area contributed by atoms with Gasteiger partial charge in [0.1, 0.15) is 11.8 Å². The molecular formula is C28H41N3O6. The molecule has 3 aliphatic rings. The second-order valence-corrected chi connectivity index (χ2v) is 12.4. The summed E-state index contributed by atoms with van der Waals surface area (Å²) in [7, 11) is 0. The summed E-state index contributed by atoms with van der Waals surface area (Å²) in [4.78, 5) is 54.5. The molecule has 5 atom stereocenters. The van der Waals surface area contributed by atoms with Crippen molar-refractivity contribution in [1.29, 1.82) is 0 Å². The smallest absolute Gasteiger partial charge is 0.326 e. The first-order valence-corrected chi connectivity index (χ1v) is 13.8. The van der Waals surface area contributed by atoms with E-state index in [4.69, 9.17) is 4.52 Å². The minimum atomic E-state index is -0.961. The fourth-order valence-electron chi connectivity index (χ4n) is 6.76. The highest BCUT2D eigenvalue weighted by Crippen LogP contribution is 2.44. The zero-order valence-electron chi connectivity index (χ0n) is 22.5. The number of aromatic nitrogens is 1. The molecule has 2 amide bonds. The van der Waals surface area contributed by atoms with E-state index in [0.717, 1.165) is 51.4 Å². The molecule has 204 valence electrons. The summed E-state index contributed by atoms with van der Waals surface area (Å²) in [6.45, 7) is 7.89. The number of rotatable bonds is 8. The fraction of sp³-hybridized carbons (Fsp3) is 0.750. The number of carboxylic acid groups (broad SMARTS) is 1. The summed E-state index contributed by atoms with van der Waals surface area (Å²) in [6.07, 6.45) is 7.47. The molecule has 3 fully saturated rings. The van der Waals surface area contributed by atoms with Crippen molar-refractivity contribution in [2.75, 3.05) is 6.54 Å². The SMILES string of the molecule is Cc1cc(C(=O)N[C@H](C(=O)C[C@H](C(=O)N2C[C@@H]3CCC[C@@H]3[C@H]2C(=O)O)C(C)(C)C)C2CCCCC2)no1. The van der Waals surface area contributed by atoms with E-state index in [1.807, 2.05) is 20.8 Å². The molecule has 1 saturated heterocycles. The van der Waals surface area contributed by atoms with Crippen molar-refractivity contribution in [3.05, 3.63) is 17.5 Å². The minimum Gasteiger partial charge on any atom is -0.480 e. The largest absolute Gasteiger partial charge is 0.480 e. The lowest BCUT2D eigenvalue weighted by atomic mass is 9.74. The van der Waals surface area contributed by atoms with Crippen molar-refractivity contribution in [2.45, 2.75) is 97.6 Å². The third-order valence-corrected chi connectivity index (χ3v) is 8.79. The Morgan fingerprint density at radius 1 is 1.11 bits per heavy atom. The molecule has 9 nitrogen and oxygen atoms in total. The van der Waals surface area contributed by atoms with Crippen LogP contribution in [0.2, 0.25) is 0 Å². The van der Waals surface area contributed by atoms with Crippen molar-refractivity contribution >= 4 is 23.6 Å². The number of amides is 2. The summed E-state index contributed by atoms with van der Waals surface area (Å²) in [5.41, 5.74) is -0.430. The minimum absolute atomic E-state index is 0.00756. The van der Waals surface area contributed by atoms with Gasteiger partial charge in [-0.15, -0.1) is 0 Å². The number of aryl methyl sites for hydroxylation is 1. The molecule has 37 heavy (non-hydrogen) atoms. The van der Waals surface area contributed by atoms with Crippen LogP contribution in [0.3, 0.4) is 0 Å². The molecule has 2 saturated carbocycles. The molecule has 2 heterocycles. The van der Waals surface area contributed by atoms with Gasteiger partial charge in [-0.05, 0) is 55.8 Å². The first kappa shape index (κ1) is 27.3. The number of Topliss-reactive ketones (excluding diaryl/α,β-unsaturated/α-hetero) is 1. The molecule has 0 bridgehead atoms. The van der Waals surface area contributed by atoms with E-state index in [9.17, 15) is 24.3 Å². The number of nitrogens with zero attached hydrogens (tertiary/aromatic N) is 2. The fourth-order valence-corrected chi connectivity index (χ4v) is 6.76. The van der Waals surface area contributed by atoms with Gasteiger partial charge >= 0.3 is 5.97 Å². The van der Waals surface area contributed by atoms with Crippen LogP contribution in [0, 0.1) is 36.0 Å². The molecular weight excluding hydrogens is 474 g/mol. The van der Waals surface area contributed by atoms with E-state index in [1.54, 1.807) is 6.92 Å². The van der Waals surface area contributed by atoms with E-state index in [1.165, 1.54) is 11.0 Å². The van der Waals surface area contributed by atoms with Gasteiger partial charge in [0, 0.05) is 24.9 Å². The van der Waals surface area contributed by atoms with Crippen molar-refractivity contribution in [3.63, 3.8) is 0 Å². The maximum atomic E-state index is 13.9. The Labute approximate surface area is 218 Å². The molecule has 1 aliphatic heterocycles. The maximum absolute atomic E-state index is 13.9. The lowest BCUT2D eigenvalue weighted by Crippen LogP contribution is -2.51. The zero-order valence-corrected chi connectivity index (χ0v) is 22.5. The van der Waals surface area contributed by atoms with E-state index in [0.29, 0.717) is 12.3 Å². The lowest BCUT2D eigenvalue weighted by Gasteiger charge is -2.36. The molecule has 0 aromatic carbocycles. The van der Waals surface area contributed by atoms with Crippen molar-refractivity contribution in [1.82, 2.24) is 15.4 Å². The third-order valence-electron chi connectivity index (χ3n) is 8.79. The third kappa shape index (κ3) is 5.91. The summed E-state index contributed by atoms with van der Waals surface area (Å²) < 4.78 is 5.04. The Morgan fingerprint density at radius 3 is 2.41 bits per heavy atom. The summed E-state index contributed by atoms with van der Waals surface area (Å²) in [5, 5.41) is 16.7. The first-order chi connectivity index (χ1) is 17.5. The van der Waals surface area contributed by atoms with Crippen molar-refractivity contribution in [2.24, 2.45) is 29.1 Å². The van der Waals surface area contributed by atoms with Crippen LogP contribution in [0.4, 0.5) is 0 Å². The topological polar surface area (TPSA) is 130 Å². The van der Waals surface area contributed by atoms with E-state index in [2.05, 4.69) is 10.5 Å². The van der Waals surface area contributed by atoms with Gasteiger partial charge in [-0.25, -0.2) is 4.79 Å². The van der Waals surface area contributed by atoms with E-state index in [-0.39, 0.29) is 41.6 Å². The molecule has 1 aromatic rings. The van der Waals surface area contributed by atoms with Crippen LogP contribution in [0.15, 0.2) is 10.6 Å². The van der Waals surface area contributed by atoms with Gasteiger partial charge in [0.05, 0.1) is 6.04 Å². The highest BCUT2D eigenvalue weighted by molar-refractivity contribution is 5.98. The van der Waals surface area contributed by atoms with Crippen LogP contribution in [-0.2, 0) is 14.4 Å². The number of likely N-dealkylation sites (tertiary alicyclic amines) is 1. The zero-order chi connectivity index (χ0) is 26.9. The summed E-state index contributed by atoms with van der Waals surface area (Å²) in [5.74, 6) is -1.85. The predicted molar refractivity (Wildman–Crippen MR) is 136 cm³/mol. The Hall–Kier alpha value is -2.71. The van der Waals surface area contributed by atoms with Crippen molar-refractivity contribution in [3.8, 4) is 0 Å². The number of carboxylic acids is 1.